The van der Waals surface area contributed by atoms with Crippen LogP contribution >= 0.6 is 23.1 Å². The Labute approximate surface area is 128 Å². The number of furan rings is 1. The quantitative estimate of drug-likeness (QED) is 0.721. The molecule has 0 fully saturated rings. The zero-order valence-corrected chi connectivity index (χ0v) is 12.4. The van der Waals surface area contributed by atoms with Gasteiger partial charge in [0.05, 0.1) is 22.5 Å². The van der Waals surface area contributed by atoms with Crippen LogP contribution in [0.3, 0.4) is 0 Å². The van der Waals surface area contributed by atoms with Crippen molar-refractivity contribution in [1.82, 2.24) is 9.97 Å². The third-order valence-electron chi connectivity index (χ3n) is 2.63. The van der Waals surface area contributed by atoms with Crippen LogP contribution in [-0.2, 0) is 5.75 Å². The molecule has 3 aromatic heterocycles. The van der Waals surface area contributed by atoms with Gasteiger partial charge in [-0.1, -0.05) is 11.8 Å². The molecular formula is C14H10N2O3S2. The summed E-state index contributed by atoms with van der Waals surface area (Å²) in [7, 11) is 0. The Morgan fingerprint density at radius 1 is 1.43 bits per heavy atom. The van der Waals surface area contributed by atoms with Gasteiger partial charge in [-0.3, -0.25) is 0 Å². The summed E-state index contributed by atoms with van der Waals surface area (Å²) in [6, 6.07) is 6.73. The maximum Gasteiger partial charge on any atom is 0.335 e. The zero-order chi connectivity index (χ0) is 14.7. The van der Waals surface area contributed by atoms with Gasteiger partial charge in [-0.05, 0) is 24.3 Å². The number of thioether (sulfide) groups is 1. The number of hydrogen-bond donors (Lipinski definition) is 1. The minimum absolute atomic E-state index is 0.238. The largest absolute Gasteiger partial charge is 0.478 e. The molecule has 21 heavy (non-hydrogen) atoms. The molecule has 3 aromatic rings. The lowest BCUT2D eigenvalue weighted by atomic mass is 10.3. The molecule has 0 aliphatic carbocycles. The summed E-state index contributed by atoms with van der Waals surface area (Å²) < 4.78 is 5.30. The summed E-state index contributed by atoms with van der Waals surface area (Å²) in [5, 5.41) is 12.4. The molecule has 5 nitrogen and oxygen atoms in total. The number of aromatic nitrogens is 2. The lowest BCUT2D eigenvalue weighted by molar-refractivity contribution is 0.0696. The van der Waals surface area contributed by atoms with Gasteiger partial charge in [0.15, 0.2) is 10.8 Å². The van der Waals surface area contributed by atoms with E-state index in [1.165, 1.54) is 35.4 Å². The van der Waals surface area contributed by atoms with Crippen molar-refractivity contribution in [3.8, 4) is 10.8 Å². The first-order chi connectivity index (χ1) is 10.2. The van der Waals surface area contributed by atoms with E-state index in [9.17, 15) is 4.79 Å². The Morgan fingerprint density at radius 2 is 2.33 bits per heavy atom. The monoisotopic (exact) mass is 318 g/mol. The maximum atomic E-state index is 10.9. The second-order valence-corrected chi connectivity index (χ2v) is 5.95. The van der Waals surface area contributed by atoms with Crippen LogP contribution < -0.4 is 0 Å². The number of aromatic carboxylic acids is 1. The predicted molar refractivity (Wildman–Crippen MR) is 80.6 cm³/mol. The average molecular weight is 318 g/mol. The molecule has 0 amide bonds. The van der Waals surface area contributed by atoms with E-state index in [0.717, 1.165) is 16.5 Å². The van der Waals surface area contributed by atoms with Crippen molar-refractivity contribution >= 4 is 29.1 Å². The van der Waals surface area contributed by atoms with Crippen molar-refractivity contribution in [2.45, 2.75) is 10.8 Å². The Morgan fingerprint density at radius 3 is 3.10 bits per heavy atom. The molecular weight excluding hydrogens is 308 g/mol. The highest BCUT2D eigenvalue weighted by atomic mass is 32.2. The number of rotatable bonds is 5. The fourth-order valence-corrected chi connectivity index (χ4v) is 3.34. The normalized spacial score (nSPS) is 10.7. The molecule has 0 bridgehead atoms. The molecule has 0 saturated heterocycles. The molecule has 0 aromatic carbocycles. The minimum atomic E-state index is -0.951. The number of thiazole rings is 1. The first-order valence-corrected chi connectivity index (χ1v) is 7.89. The first kappa shape index (κ1) is 13.8. The molecule has 0 saturated carbocycles. The van der Waals surface area contributed by atoms with Crippen molar-refractivity contribution in [1.29, 1.82) is 0 Å². The number of pyridine rings is 1. The van der Waals surface area contributed by atoms with Crippen molar-refractivity contribution in [3.05, 3.63) is 53.4 Å². The molecule has 1 N–H and O–H groups in total. The van der Waals surface area contributed by atoms with E-state index in [1.54, 1.807) is 12.3 Å². The fraction of sp³-hybridized carbons (Fsp3) is 0.0714. The zero-order valence-electron chi connectivity index (χ0n) is 10.7. The smallest absolute Gasteiger partial charge is 0.335 e. The average Bonchev–Trinajstić information content (AvgIpc) is 3.16. The Hall–Kier alpha value is -2.12. The summed E-state index contributed by atoms with van der Waals surface area (Å²) in [4.78, 5) is 19.5. The van der Waals surface area contributed by atoms with E-state index in [0.29, 0.717) is 10.8 Å². The first-order valence-electron chi connectivity index (χ1n) is 6.03. The highest BCUT2D eigenvalue weighted by Crippen LogP contribution is 2.27. The number of nitrogens with zero attached hydrogens (tertiary/aromatic N) is 2. The van der Waals surface area contributed by atoms with Gasteiger partial charge in [0.25, 0.3) is 0 Å². The van der Waals surface area contributed by atoms with Gasteiger partial charge < -0.3 is 9.52 Å². The van der Waals surface area contributed by atoms with Crippen molar-refractivity contribution < 1.29 is 14.3 Å². The van der Waals surface area contributed by atoms with Gasteiger partial charge in [0.2, 0.25) is 0 Å². The van der Waals surface area contributed by atoms with Crippen LogP contribution in [0.15, 0.2) is 51.5 Å². The molecule has 3 rings (SSSR count). The molecule has 0 radical (unpaired) electrons. The lowest BCUT2D eigenvalue weighted by Crippen LogP contribution is -1.96. The van der Waals surface area contributed by atoms with Crippen LogP contribution in [0.5, 0.6) is 0 Å². The predicted octanol–water partition coefficient (Wildman–Crippen LogP) is 3.79. The van der Waals surface area contributed by atoms with Crippen LogP contribution in [0.4, 0.5) is 0 Å². The van der Waals surface area contributed by atoms with Gasteiger partial charge in [0.1, 0.15) is 0 Å². The molecule has 7 heteroatoms. The van der Waals surface area contributed by atoms with Gasteiger partial charge in [-0.2, -0.15) is 0 Å². The van der Waals surface area contributed by atoms with Crippen LogP contribution in [0.25, 0.3) is 10.8 Å². The second-order valence-electron chi connectivity index (χ2n) is 4.10. The molecule has 0 unspecified atom stereocenters. The van der Waals surface area contributed by atoms with E-state index in [4.69, 9.17) is 9.52 Å². The fourth-order valence-electron chi connectivity index (χ4n) is 1.66. The maximum absolute atomic E-state index is 10.9. The molecule has 0 aliphatic heterocycles. The molecule has 106 valence electrons. The number of hydrogen-bond acceptors (Lipinski definition) is 6. The Kier molecular flexibility index (Phi) is 4.03. The topological polar surface area (TPSA) is 76.2 Å². The molecule has 3 heterocycles. The van der Waals surface area contributed by atoms with Crippen LogP contribution in [0.2, 0.25) is 0 Å². The highest BCUT2D eigenvalue weighted by Gasteiger charge is 2.09. The van der Waals surface area contributed by atoms with Gasteiger partial charge >= 0.3 is 5.97 Å². The molecule has 0 aliphatic rings. The van der Waals surface area contributed by atoms with Crippen molar-refractivity contribution in [2.24, 2.45) is 0 Å². The molecule has 0 spiro atoms. The van der Waals surface area contributed by atoms with E-state index >= 15 is 0 Å². The van der Waals surface area contributed by atoms with Gasteiger partial charge in [-0.15, -0.1) is 11.3 Å². The highest BCUT2D eigenvalue weighted by molar-refractivity contribution is 7.98. The standard InChI is InChI=1S/C14H10N2O3S2/c17-14(18)9-3-4-15-12(6-9)20-7-10-8-21-13(16-10)11-2-1-5-19-11/h1-6,8H,7H2,(H,17,18). The van der Waals surface area contributed by atoms with E-state index < -0.39 is 5.97 Å². The van der Waals surface area contributed by atoms with Crippen molar-refractivity contribution in [3.63, 3.8) is 0 Å². The van der Waals surface area contributed by atoms with E-state index in [1.807, 2.05) is 17.5 Å². The summed E-state index contributed by atoms with van der Waals surface area (Å²) in [6.45, 7) is 0. The Bertz CT molecular complexity index is 753. The van der Waals surface area contributed by atoms with Gasteiger partial charge in [0, 0.05) is 17.3 Å². The number of carbonyl (C=O) groups is 1. The summed E-state index contributed by atoms with van der Waals surface area (Å²) in [5.74, 6) is 0.433. The summed E-state index contributed by atoms with van der Waals surface area (Å²) in [5.41, 5.74) is 1.15. The minimum Gasteiger partial charge on any atom is -0.478 e. The lowest BCUT2D eigenvalue weighted by Gasteiger charge is -2.00. The van der Waals surface area contributed by atoms with Crippen LogP contribution in [-0.4, -0.2) is 21.0 Å². The Balaban J connectivity index is 1.68. The summed E-state index contributed by atoms with van der Waals surface area (Å²) >= 11 is 2.97. The summed E-state index contributed by atoms with van der Waals surface area (Å²) in [6.07, 6.45) is 3.12. The second kappa shape index (κ2) is 6.11. The number of carboxylic acid groups (broad SMARTS) is 1. The van der Waals surface area contributed by atoms with Gasteiger partial charge in [-0.25, -0.2) is 14.8 Å². The van der Waals surface area contributed by atoms with E-state index in [2.05, 4.69) is 9.97 Å². The third kappa shape index (κ3) is 3.32. The van der Waals surface area contributed by atoms with Crippen LogP contribution in [0.1, 0.15) is 16.1 Å². The number of carboxylic acids is 1. The van der Waals surface area contributed by atoms with E-state index in [-0.39, 0.29) is 5.56 Å². The third-order valence-corrected chi connectivity index (χ3v) is 4.50. The molecule has 0 atom stereocenters. The SMILES string of the molecule is O=C(O)c1ccnc(SCc2csc(-c3ccco3)n2)c1. The van der Waals surface area contributed by atoms with Crippen molar-refractivity contribution in [2.75, 3.05) is 0 Å². The van der Waals surface area contributed by atoms with Crippen LogP contribution in [0, 0.1) is 0 Å².